The minimum absolute atomic E-state index is 0.0827. The lowest BCUT2D eigenvalue weighted by molar-refractivity contribution is 0.380. The maximum atomic E-state index is 8.27. The normalized spacial score (nSPS) is 10.4. The Hall–Kier alpha value is -2.33. The van der Waals surface area contributed by atoms with Gasteiger partial charge in [0.15, 0.2) is 0 Å². The van der Waals surface area contributed by atoms with E-state index in [2.05, 4.69) is 39.2 Å². The van der Waals surface area contributed by atoms with E-state index in [4.69, 9.17) is 10.1 Å². The van der Waals surface area contributed by atoms with Crippen molar-refractivity contribution in [2.75, 3.05) is 0 Å². The zero-order chi connectivity index (χ0) is 15.6. The molecule has 0 saturated heterocycles. The number of benzene rings is 1. The van der Waals surface area contributed by atoms with Gasteiger partial charge in [-0.2, -0.15) is 4.98 Å². The highest BCUT2D eigenvalue weighted by atomic mass is 16.5. The molecule has 6 nitrogen and oxygen atoms in total. The Morgan fingerprint density at radius 2 is 1.91 bits per heavy atom. The fourth-order valence-corrected chi connectivity index (χ4v) is 2.28. The van der Waals surface area contributed by atoms with Crippen LogP contribution in [-0.4, -0.2) is 10.1 Å². The maximum absolute atomic E-state index is 8.27. The van der Waals surface area contributed by atoms with Crippen molar-refractivity contribution in [2.24, 2.45) is 5.11 Å². The lowest BCUT2D eigenvalue weighted by Crippen LogP contribution is -1.88. The van der Waals surface area contributed by atoms with Crippen molar-refractivity contribution in [3.63, 3.8) is 0 Å². The molecule has 0 aliphatic carbocycles. The Labute approximate surface area is 130 Å². The summed E-state index contributed by atoms with van der Waals surface area (Å²) in [5, 5.41) is 7.30. The van der Waals surface area contributed by atoms with E-state index in [9.17, 15) is 0 Å². The largest absolute Gasteiger partial charge is 0.339 e. The molecule has 0 N–H and O–H groups in total. The molecule has 0 fully saturated rings. The van der Waals surface area contributed by atoms with E-state index in [0.29, 0.717) is 11.7 Å². The van der Waals surface area contributed by atoms with Crippen LogP contribution in [-0.2, 0) is 13.0 Å². The summed E-state index contributed by atoms with van der Waals surface area (Å²) in [5.74, 6) is 0.852. The maximum Gasteiger partial charge on any atom is 0.232 e. The fourth-order valence-electron chi connectivity index (χ4n) is 2.28. The number of hydrogen-bond donors (Lipinski definition) is 0. The quantitative estimate of drug-likeness (QED) is 0.280. The molecule has 0 unspecified atom stereocenters. The van der Waals surface area contributed by atoms with Crippen molar-refractivity contribution in [1.29, 1.82) is 0 Å². The molecule has 22 heavy (non-hydrogen) atoms. The van der Waals surface area contributed by atoms with Gasteiger partial charge < -0.3 is 4.52 Å². The summed E-state index contributed by atoms with van der Waals surface area (Å²) in [7, 11) is 0. The van der Waals surface area contributed by atoms with E-state index in [1.165, 1.54) is 37.7 Å². The minimum atomic E-state index is 0.0827. The van der Waals surface area contributed by atoms with Crippen LogP contribution in [0.2, 0.25) is 0 Å². The van der Waals surface area contributed by atoms with E-state index in [1.807, 2.05) is 12.1 Å². The number of aryl methyl sites for hydroxylation is 1. The van der Waals surface area contributed by atoms with Crippen LogP contribution >= 0.6 is 0 Å². The van der Waals surface area contributed by atoms with Crippen LogP contribution in [0.4, 0.5) is 0 Å². The second-order valence-corrected chi connectivity index (χ2v) is 5.26. The van der Waals surface area contributed by atoms with Gasteiger partial charge in [0.2, 0.25) is 11.7 Å². The predicted octanol–water partition coefficient (Wildman–Crippen LogP) is 5.06. The van der Waals surface area contributed by atoms with E-state index in [0.717, 1.165) is 12.0 Å². The molecule has 2 aromatic rings. The second kappa shape index (κ2) is 8.85. The Kier molecular flexibility index (Phi) is 6.45. The molecule has 0 aliphatic rings. The molecular weight excluding hydrogens is 278 g/mol. The predicted molar refractivity (Wildman–Crippen MR) is 85.0 cm³/mol. The van der Waals surface area contributed by atoms with Gasteiger partial charge in [-0.25, -0.2) is 0 Å². The lowest BCUT2D eigenvalue weighted by atomic mass is 10.0. The number of rotatable bonds is 9. The van der Waals surface area contributed by atoms with Gasteiger partial charge in [0, 0.05) is 10.5 Å². The van der Waals surface area contributed by atoms with E-state index in [-0.39, 0.29) is 6.54 Å². The summed E-state index contributed by atoms with van der Waals surface area (Å²) < 4.78 is 5.03. The number of unbranched alkanes of at least 4 members (excludes halogenated alkanes) is 4. The molecule has 0 saturated carbocycles. The SMILES string of the molecule is CCCCCCCc1ccc(-c2noc(CN=[N+]=[N-])n2)cc1. The molecular formula is C16H21N5O. The third-order valence-electron chi connectivity index (χ3n) is 3.52. The van der Waals surface area contributed by atoms with Crippen LogP contribution in [0.5, 0.6) is 0 Å². The van der Waals surface area contributed by atoms with Gasteiger partial charge in [-0.15, -0.1) is 0 Å². The van der Waals surface area contributed by atoms with Crippen LogP contribution < -0.4 is 0 Å². The molecule has 0 aliphatic heterocycles. The zero-order valence-corrected chi connectivity index (χ0v) is 12.9. The van der Waals surface area contributed by atoms with Crippen molar-refractivity contribution in [3.05, 3.63) is 46.2 Å². The van der Waals surface area contributed by atoms with Crippen molar-refractivity contribution >= 4 is 0 Å². The van der Waals surface area contributed by atoms with E-state index < -0.39 is 0 Å². The molecule has 1 aromatic heterocycles. The van der Waals surface area contributed by atoms with Gasteiger partial charge >= 0.3 is 0 Å². The van der Waals surface area contributed by atoms with Crippen LogP contribution in [0.25, 0.3) is 21.8 Å². The summed E-state index contributed by atoms with van der Waals surface area (Å²) in [6.07, 6.45) is 7.57. The third-order valence-corrected chi connectivity index (χ3v) is 3.52. The zero-order valence-electron chi connectivity index (χ0n) is 12.9. The van der Waals surface area contributed by atoms with Gasteiger partial charge in [0.05, 0.1) is 0 Å². The molecule has 0 spiro atoms. The fraction of sp³-hybridized carbons (Fsp3) is 0.500. The van der Waals surface area contributed by atoms with Crippen molar-refractivity contribution in [2.45, 2.75) is 52.0 Å². The molecule has 2 rings (SSSR count). The van der Waals surface area contributed by atoms with Gasteiger partial charge in [0.25, 0.3) is 0 Å². The number of aromatic nitrogens is 2. The third kappa shape index (κ3) is 4.90. The molecule has 6 heteroatoms. The van der Waals surface area contributed by atoms with Crippen molar-refractivity contribution in [3.8, 4) is 11.4 Å². The average Bonchev–Trinajstić information content (AvgIpc) is 3.02. The Morgan fingerprint density at radius 3 is 2.64 bits per heavy atom. The Balaban J connectivity index is 1.88. The van der Waals surface area contributed by atoms with E-state index >= 15 is 0 Å². The topological polar surface area (TPSA) is 87.7 Å². The number of azide groups is 1. The van der Waals surface area contributed by atoms with Gasteiger partial charge in [-0.1, -0.05) is 67.1 Å². The highest BCUT2D eigenvalue weighted by Gasteiger charge is 2.07. The van der Waals surface area contributed by atoms with Crippen molar-refractivity contribution in [1.82, 2.24) is 10.1 Å². The first-order chi connectivity index (χ1) is 10.8. The highest BCUT2D eigenvalue weighted by Crippen LogP contribution is 2.18. The standard InChI is InChI=1S/C16H21N5O/c1-2-3-4-5-6-7-13-8-10-14(11-9-13)16-19-15(22-20-16)12-18-21-17/h8-11H,2-7,12H2,1H3. The monoisotopic (exact) mass is 299 g/mol. The molecule has 0 radical (unpaired) electrons. The average molecular weight is 299 g/mol. The van der Waals surface area contributed by atoms with E-state index in [1.54, 1.807) is 0 Å². The Morgan fingerprint density at radius 1 is 1.14 bits per heavy atom. The van der Waals surface area contributed by atoms with Gasteiger partial charge in [0.1, 0.15) is 6.54 Å². The molecule has 1 heterocycles. The van der Waals surface area contributed by atoms with Gasteiger partial charge in [-0.3, -0.25) is 0 Å². The molecule has 0 amide bonds. The molecule has 0 atom stereocenters. The first-order valence-corrected chi connectivity index (χ1v) is 7.76. The summed E-state index contributed by atoms with van der Waals surface area (Å²) in [4.78, 5) is 6.87. The van der Waals surface area contributed by atoms with Crippen LogP contribution in [0.3, 0.4) is 0 Å². The highest BCUT2D eigenvalue weighted by molar-refractivity contribution is 5.54. The smallest absolute Gasteiger partial charge is 0.232 e. The van der Waals surface area contributed by atoms with Crippen LogP contribution in [0.15, 0.2) is 33.9 Å². The Bertz CT molecular complexity index is 614. The minimum Gasteiger partial charge on any atom is -0.339 e. The first kappa shape index (κ1) is 16.0. The molecule has 116 valence electrons. The molecule has 0 bridgehead atoms. The molecule has 1 aromatic carbocycles. The summed E-state index contributed by atoms with van der Waals surface area (Å²) >= 11 is 0. The number of nitrogens with zero attached hydrogens (tertiary/aromatic N) is 5. The number of hydrogen-bond acceptors (Lipinski definition) is 4. The van der Waals surface area contributed by atoms with Crippen LogP contribution in [0.1, 0.15) is 50.5 Å². The van der Waals surface area contributed by atoms with Crippen molar-refractivity contribution < 1.29 is 4.52 Å². The summed E-state index contributed by atoms with van der Waals surface area (Å²) in [6, 6.07) is 8.23. The van der Waals surface area contributed by atoms with Gasteiger partial charge in [-0.05, 0) is 23.9 Å². The van der Waals surface area contributed by atoms with Crippen LogP contribution in [0, 0.1) is 0 Å². The first-order valence-electron chi connectivity index (χ1n) is 7.76. The summed E-state index contributed by atoms with van der Waals surface area (Å²) in [5.41, 5.74) is 10.5. The second-order valence-electron chi connectivity index (χ2n) is 5.26. The summed E-state index contributed by atoms with van der Waals surface area (Å²) in [6.45, 7) is 2.31. The lowest BCUT2D eigenvalue weighted by Gasteiger charge is -2.02.